The lowest BCUT2D eigenvalue weighted by Gasteiger charge is -2.08. The van der Waals surface area contributed by atoms with Crippen LogP contribution in [0.25, 0.3) is 0 Å². The van der Waals surface area contributed by atoms with Gasteiger partial charge in [0.2, 0.25) is 0 Å². The van der Waals surface area contributed by atoms with Gasteiger partial charge in [-0.1, -0.05) is 18.7 Å². The summed E-state index contributed by atoms with van der Waals surface area (Å²) >= 11 is 0. The third-order valence-electron chi connectivity index (χ3n) is 2.34. The van der Waals surface area contributed by atoms with Gasteiger partial charge < -0.3 is 15.4 Å². The number of hydrogen-bond donors (Lipinski definition) is 2. The lowest BCUT2D eigenvalue weighted by molar-refractivity contribution is -0.138. The molecule has 0 aromatic heterocycles. The van der Waals surface area contributed by atoms with Crippen LogP contribution in [0.2, 0.25) is 0 Å². The van der Waals surface area contributed by atoms with Crippen LogP contribution in [0.3, 0.4) is 0 Å². The minimum atomic E-state index is -0.487. The maximum absolute atomic E-state index is 12.7. The monoisotopic (exact) mass is 280 g/mol. The fourth-order valence-corrected chi connectivity index (χ4v) is 1.28. The zero-order valence-corrected chi connectivity index (χ0v) is 11.2. The normalized spacial score (nSPS) is 9.70. The molecule has 108 valence electrons. The lowest BCUT2D eigenvalue weighted by atomic mass is 10.2. The topological polar surface area (TPSA) is 67.4 Å². The number of urea groups is 1. The zero-order chi connectivity index (χ0) is 15.0. The molecule has 0 saturated carbocycles. The zero-order valence-electron chi connectivity index (χ0n) is 11.2. The SMILES string of the molecule is C=C(C)C(=O)OCCNC(=O)NCc1ccc(F)cc1. The number of amides is 2. The number of ether oxygens (including phenoxy) is 1. The molecular weight excluding hydrogens is 263 g/mol. The molecule has 0 unspecified atom stereocenters. The first-order chi connectivity index (χ1) is 9.49. The van der Waals surface area contributed by atoms with E-state index in [0.29, 0.717) is 5.57 Å². The summed E-state index contributed by atoms with van der Waals surface area (Å²) in [5.74, 6) is -0.809. The third kappa shape index (κ3) is 5.99. The fraction of sp³-hybridized carbons (Fsp3) is 0.286. The Balaban J connectivity index is 2.16. The van der Waals surface area contributed by atoms with E-state index in [1.807, 2.05) is 0 Å². The van der Waals surface area contributed by atoms with Crippen molar-refractivity contribution >= 4 is 12.0 Å². The summed E-state index contributed by atoms with van der Waals surface area (Å²) in [6, 6.07) is 5.44. The minimum absolute atomic E-state index is 0.0790. The van der Waals surface area contributed by atoms with Gasteiger partial charge in [0, 0.05) is 12.1 Å². The van der Waals surface area contributed by atoms with Gasteiger partial charge in [-0.15, -0.1) is 0 Å². The van der Waals surface area contributed by atoms with Crippen LogP contribution in [0.4, 0.5) is 9.18 Å². The highest BCUT2D eigenvalue weighted by atomic mass is 19.1. The van der Waals surface area contributed by atoms with Crippen molar-refractivity contribution in [2.24, 2.45) is 0 Å². The number of nitrogens with one attached hydrogen (secondary N) is 2. The predicted molar refractivity (Wildman–Crippen MR) is 72.4 cm³/mol. The molecule has 0 spiro atoms. The van der Waals surface area contributed by atoms with Crippen molar-refractivity contribution in [1.29, 1.82) is 0 Å². The Hall–Kier alpha value is -2.37. The summed E-state index contributed by atoms with van der Waals surface area (Å²) in [7, 11) is 0. The van der Waals surface area contributed by atoms with E-state index >= 15 is 0 Å². The Morgan fingerprint density at radius 1 is 1.25 bits per heavy atom. The molecule has 0 fully saturated rings. The number of carbonyl (C=O) groups excluding carboxylic acids is 2. The molecule has 0 heterocycles. The van der Waals surface area contributed by atoms with E-state index in [1.165, 1.54) is 12.1 Å². The molecule has 0 atom stereocenters. The summed E-state index contributed by atoms with van der Waals surface area (Å²) in [6.45, 7) is 5.55. The molecule has 1 aromatic carbocycles. The van der Waals surface area contributed by atoms with Gasteiger partial charge in [-0.3, -0.25) is 0 Å². The maximum atomic E-state index is 12.7. The van der Waals surface area contributed by atoms with Gasteiger partial charge in [-0.05, 0) is 24.6 Å². The molecule has 20 heavy (non-hydrogen) atoms. The van der Waals surface area contributed by atoms with Gasteiger partial charge in [0.1, 0.15) is 12.4 Å². The van der Waals surface area contributed by atoms with Crippen molar-refractivity contribution in [3.63, 3.8) is 0 Å². The van der Waals surface area contributed by atoms with Crippen LogP contribution in [-0.4, -0.2) is 25.2 Å². The van der Waals surface area contributed by atoms with Crippen molar-refractivity contribution in [3.05, 3.63) is 47.8 Å². The molecule has 0 aliphatic rings. The Morgan fingerprint density at radius 2 is 1.90 bits per heavy atom. The summed E-state index contributed by atoms with van der Waals surface area (Å²) < 4.78 is 17.5. The summed E-state index contributed by atoms with van der Waals surface area (Å²) in [4.78, 5) is 22.5. The largest absolute Gasteiger partial charge is 0.460 e. The molecular formula is C14H17FN2O3. The molecule has 2 amide bonds. The highest BCUT2D eigenvalue weighted by Gasteiger charge is 2.04. The minimum Gasteiger partial charge on any atom is -0.460 e. The van der Waals surface area contributed by atoms with Crippen molar-refractivity contribution in [1.82, 2.24) is 10.6 Å². The summed E-state index contributed by atoms with van der Waals surface area (Å²) in [5.41, 5.74) is 1.10. The molecule has 6 heteroatoms. The van der Waals surface area contributed by atoms with Crippen LogP contribution >= 0.6 is 0 Å². The van der Waals surface area contributed by atoms with Crippen LogP contribution in [0.5, 0.6) is 0 Å². The van der Waals surface area contributed by atoms with Crippen molar-refractivity contribution in [2.45, 2.75) is 13.5 Å². The first kappa shape index (κ1) is 15.7. The van der Waals surface area contributed by atoms with Crippen molar-refractivity contribution in [3.8, 4) is 0 Å². The van der Waals surface area contributed by atoms with Gasteiger partial charge in [0.25, 0.3) is 0 Å². The van der Waals surface area contributed by atoms with Crippen LogP contribution in [-0.2, 0) is 16.1 Å². The second-order valence-corrected chi connectivity index (χ2v) is 4.15. The maximum Gasteiger partial charge on any atom is 0.333 e. The quantitative estimate of drug-likeness (QED) is 0.474. The van der Waals surface area contributed by atoms with E-state index in [0.717, 1.165) is 5.56 Å². The molecule has 0 aliphatic carbocycles. The second-order valence-electron chi connectivity index (χ2n) is 4.15. The van der Waals surface area contributed by atoms with Gasteiger partial charge in [0.05, 0.1) is 6.54 Å². The lowest BCUT2D eigenvalue weighted by Crippen LogP contribution is -2.37. The third-order valence-corrected chi connectivity index (χ3v) is 2.34. The molecule has 1 aromatic rings. The van der Waals surface area contributed by atoms with Crippen LogP contribution in [0.1, 0.15) is 12.5 Å². The highest BCUT2D eigenvalue weighted by molar-refractivity contribution is 5.86. The predicted octanol–water partition coefficient (Wildman–Crippen LogP) is 1.74. The molecule has 0 radical (unpaired) electrons. The van der Waals surface area contributed by atoms with Gasteiger partial charge in [-0.2, -0.15) is 0 Å². The highest BCUT2D eigenvalue weighted by Crippen LogP contribution is 2.01. The summed E-state index contributed by atoms with van der Waals surface area (Å²) in [5, 5.41) is 5.13. The average molecular weight is 280 g/mol. The molecule has 0 aliphatic heterocycles. The molecule has 5 nitrogen and oxygen atoms in total. The van der Waals surface area contributed by atoms with Gasteiger partial charge >= 0.3 is 12.0 Å². The van der Waals surface area contributed by atoms with E-state index in [1.54, 1.807) is 19.1 Å². The number of halogens is 1. The molecule has 2 N–H and O–H groups in total. The summed E-state index contributed by atoms with van der Waals surface area (Å²) in [6.07, 6.45) is 0. The number of hydrogen-bond acceptors (Lipinski definition) is 3. The van der Waals surface area contributed by atoms with Crippen molar-refractivity contribution < 1.29 is 18.7 Å². The number of esters is 1. The van der Waals surface area contributed by atoms with E-state index in [9.17, 15) is 14.0 Å². The second kappa shape index (κ2) is 7.93. The average Bonchev–Trinajstić information content (AvgIpc) is 2.42. The Morgan fingerprint density at radius 3 is 2.50 bits per heavy atom. The Kier molecular flexibility index (Phi) is 6.22. The van der Waals surface area contributed by atoms with E-state index in [4.69, 9.17) is 4.74 Å². The van der Waals surface area contributed by atoms with Crippen LogP contribution in [0.15, 0.2) is 36.4 Å². The molecule has 1 rings (SSSR count). The Labute approximate surface area is 116 Å². The number of rotatable bonds is 6. The van der Waals surface area contributed by atoms with Gasteiger partial charge in [-0.25, -0.2) is 14.0 Å². The Bertz CT molecular complexity index is 486. The van der Waals surface area contributed by atoms with Gasteiger partial charge in [0.15, 0.2) is 0 Å². The standard InChI is InChI=1S/C14H17FN2O3/c1-10(2)13(18)20-8-7-16-14(19)17-9-11-3-5-12(15)6-4-11/h3-6H,1,7-9H2,2H3,(H2,16,17,19). The van der Waals surface area contributed by atoms with Crippen molar-refractivity contribution in [2.75, 3.05) is 13.2 Å². The number of benzene rings is 1. The number of carbonyl (C=O) groups is 2. The van der Waals surface area contributed by atoms with Crippen LogP contribution < -0.4 is 10.6 Å². The van der Waals surface area contributed by atoms with E-state index < -0.39 is 5.97 Å². The first-order valence-electron chi connectivity index (χ1n) is 6.08. The fourth-order valence-electron chi connectivity index (χ4n) is 1.28. The first-order valence-corrected chi connectivity index (χ1v) is 6.08. The van der Waals surface area contributed by atoms with E-state index in [-0.39, 0.29) is 31.5 Å². The molecule has 0 bridgehead atoms. The van der Waals surface area contributed by atoms with E-state index in [2.05, 4.69) is 17.2 Å². The smallest absolute Gasteiger partial charge is 0.333 e. The molecule has 0 saturated heterocycles. The van der Waals surface area contributed by atoms with Crippen LogP contribution in [0, 0.1) is 5.82 Å².